The van der Waals surface area contributed by atoms with Crippen molar-refractivity contribution in [2.24, 2.45) is 4.99 Å². The number of benzene rings is 2. The second-order valence-electron chi connectivity index (χ2n) is 7.47. The maximum Gasteiger partial charge on any atom is 0.419 e. The van der Waals surface area contributed by atoms with Crippen molar-refractivity contribution in [2.75, 3.05) is 44.2 Å². The number of ether oxygens (including phenoxy) is 1. The van der Waals surface area contributed by atoms with Crippen molar-refractivity contribution in [3.8, 4) is 5.75 Å². The topological polar surface area (TPSA) is 45.1 Å². The van der Waals surface area contributed by atoms with Gasteiger partial charge in [0, 0.05) is 44.5 Å². The summed E-state index contributed by atoms with van der Waals surface area (Å²) in [7, 11) is 0. The second-order valence-corrected chi connectivity index (χ2v) is 7.88. The molecule has 2 aliphatic heterocycles. The molecule has 0 saturated carbocycles. The standard InChI is InChI=1S/C22H21ClF3N3O2/c23-18-3-1-4-19(20(18)22(24,25)26)29-10-8-28(9-11-29)7-2-12-31-16-6-5-15-14-27-21(30)17(15)13-16/h1,3-6,13-14H,2,7-12H2. The molecule has 0 spiro atoms. The molecule has 4 rings (SSSR count). The number of rotatable bonds is 6. The largest absolute Gasteiger partial charge is 0.494 e. The van der Waals surface area contributed by atoms with Crippen LogP contribution >= 0.6 is 11.6 Å². The highest BCUT2D eigenvalue weighted by Gasteiger charge is 2.37. The first-order valence-corrected chi connectivity index (χ1v) is 10.4. The van der Waals surface area contributed by atoms with Gasteiger partial charge in [-0.1, -0.05) is 17.7 Å². The van der Waals surface area contributed by atoms with Crippen molar-refractivity contribution in [3.05, 3.63) is 58.1 Å². The van der Waals surface area contributed by atoms with Crippen molar-refractivity contribution >= 4 is 29.4 Å². The Morgan fingerprint density at radius 1 is 1.10 bits per heavy atom. The number of aliphatic imine (C=N–C) groups is 1. The summed E-state index contributed by atoms with van der Waals surface area (Å²) >= 11 is 5.84. The van der Waals surface area contributed by atoms with Crippen molar-refractivity contribution < 1.29 is 22.7 Å². The van der Waals surface area contributed by atoms with E-state index in [9.17, 15) is 18.0 Å². The quantitative estimate of drug-likeness (QED) is 0.606. The van der Waals surface area contributed by atoms with Crippen LogP contribution in [0.4, 0.5) is 18.9 Å². The van der Waals surface area contributed by atoms with Crippen molar-refractivity contribution in [2.45, 2.75) is 12.6 Å². The fraction of sp³-hybridized carbons (Fsp3) is 0.364. The number of carbonyl (C=O) groups is 1. The first-order chi connectivity index (χ1) is 14.8. The van der Waals surface area contributed by atoms with Gasteiger partial charge in [-0.25, -0.2) is 4.99 Å². The van der Waals surface area contributed by atoms with Gasteiger partial charge in [0.2, 0.25) is 0 Å². The first kappa shape index (κ1) is 21.6. The highest BCUT2D eigenvalue weighted by atomic mass is 35.5. The molecule has 5 nitrogen and oxygen atoms in total. The third-order valence-corrected chi connectivity index (χ3v) is 5.77. The van der Waals surface area contributed by atoms with E-state index in [1.165, 1.54) is 12.1 Å². The Labute approximate surface area is 183 Å². The van der Waals surface area contributed by atoms with Gasteiger partial charge in [-0.3, -0.25) is 9.69 Å². The van der Waals surface area contributed by atoms with E-state index in [1.54, 1.807) is 23.2 Å². The number of halogens is 4. The molecule has 0 radical (unpaired) electrons. The van der Waals surface area contributed by atoms with Gasteiger partial charge < -0.3 is 9.64 Å². The summed E-state index contributed by atoms with van der Waals surface area (Å²) < 4.78 is 46.0. The summed E-state index contributed by atoms with van der Waals surface area (Å²) in [5.74, 6) is 0.370. The molecule has 1 amide bonds. The number of piperazine rings is 1. The molecular formula is C22H21ClF3N3O2. The Morgan fingerprint density at radius 3 is 2.61 bits per heavy atom. The van der Waals surface area contributed by atoms with Gasteiger partial charge in [-0.05, 0) is 36.8 Å². The fourth-order valence-electron chi connectivity index (χ4n) is 3.87. The highest BCUT2D eigenvalue weighted by molar-refractivity contribution is 6.31. The molecule has 2 aliphatic rings. The molecule has 31 heavy (non-hydrogen) atoms. The summed E-state index contributed by atoms with van der Waals surface area (Å²) in [6.07, 6.45) is -2.18. The van der Waals surface area contributed by atoms with Crippen molar-refractivity contribution in [1.82, 2.24) is 4.90 Å². The number of hydrogen-bond donors (Lipinski definition) is 0. The normalized spacial score (nSPS) is 16.6. The zero-order valence-corrected chi connectivity index (χ0v) is 17.4. The molecule has 1 saturated heterocycles. The minimum atomic E-state index is -4.49. The molecule has 1 fully saturated rings. The Morgan fingerprint density at radius 2 is 1.87 bits per heavy atom. The lowest BCUT2D eigenvalue weighted by Gasteiger charge is -2.37. The van der Waals surface area contributed by atoms with Crippen LogP contribution in [-0.2, 0) is 6.18 Å². The molecule has 0 bridgehead atoms. The molecule has 2 aromatic carbocycles. The molecule has 2 aromatic rings. The Balaban J connectivity index is 1.25. The lowest BCUT2D eigenvalue weighted by molar-refractivity contribution is -0.137. The predicted molar refractivity (Wildman–Crippen MR) is 114 cm³/mol. The minimum absolute atomic E-state index is 0.137. The number of amides is 1. The Kier molecular flexibility index (Phi) is 6.20. The summed E-state index contributed by atoms with van der Waals surface area (Å²) in [5.41, 5.74) is 0.714. The van der Waals surface area contributed by atoms with Gasteiger partial charge in [0.15, 0.2) is 0 Å². The number of alkyl halides is 3. The second kappa shape index (κ2) is 8.88. The van der Waals surface area contributed by atoms with Gasteiger partial charge in [0.1, 0.15) is 5.75 Å². The van der Waals surface area contributed by atoms with Crippen LogP contribution in [0.25, 0.3) is 0 Å². The maximum absolute atomic E-state index is 13.4. The minimum Gasteiger partial charge on any atom is -0.494 e. The Hall–Kier alpha value is -2.58. The third kappa shape index (κ3) is 4.85. The number of fused-ring (bicyclic) bond motifs is 1. The van der Waals surface area contributed by atoms with Gasteiger partial charge in [-0.15, -0.1) is 0 Å². The molecular weight excluding hydrogens is 431 g/mol. The SMILES string of the molecule is O=C1N=Cc2ccc(OCCCN3CCN(c4cccc(Cl)c4C(F)(F)F)CC3)cc21. The maximum atomic E-state index is 13.4. The summed E-state index contributed by atoms with van der Waals surface area (Å²) in [5, 5.41) is -0.274. The van der Waals surface area contributed by atoms with E-state index in [1.807, 2.05) is 12.1 Å². The van der Waals surface area contributed by atoms with E-state index in [0.717, 1.165) is 18.5 Å². The summed E-state index contributed by atoms with van der Waals surface area (Å²) in [6, 6.07) is 9.62. The van der Waals surface area contributed by atoms with Crippen LogP contribution in [-0.4, -0.2) is 56.4 Å². The van der Waals surface area contributed by atoms with Crippen LogP contribution < -0.4 is 9.64 Å². The molecule has 0 aromatic heterocycles. The Bertz CT molecular complexity index is 1000. The zero-order valence-electron chi connectivity index (χ0n) is 16.7. The fourth-order valence-corrected chi connectivity index (χ4v) is 4.14. The smallest absolute Gasteiger partial charge is 0.419 e. The average molecular weight is 452 g/mol. The zero-order chi connectivity index (χ0) is 22.0. The van der Waals surface area contributed by atoms with Crippen molar-refractivity contribution in [1.29, 1.82) is 0 Å². The first-order valence-electron chi connectivity index (χ1n) is 10.0. The van der Waals surface area contributed by atoms with Crippen LogP contribution in [0.2, 0.25) is 5.02 Å². The molecule has 9 heteroatoms. The van der Waals surface area contributed by atoms with Gasteiger partial charge in [0.25, 0.3) is 5.91 Å². The van der Waals surface area contributed by atoms with E-state index in [0.29, 0.717) is 44.1 Å². The predicted octanol–water partition coefficient (Wildman–Crippen LogP) is 4.52. The van der Waals surface area contributed by atoms with E-state index in [2.05, 4.69) is 9.89 Å². The average Bonchev–Trinajstić information content (AvgIpc) is 3.11. The molecule has 0 atom stereocenters. The van der Waals surface area contributed by atoms with Crippen LogP contribution in [0.3, 0.4) is 0 Å². The van der Waals surface area contributed by atoms with Gasteiger partial charge >= 0.3 is 6.18 Å². The van der Waals surface area contributed by atoms with Crippen LogP contribution in [0.1, 0.15) is 27.9 Å². The lowest BCUT2D eigenvalue weighted by Crippen LogP contribution is -2.47. The molecule has 2 heterocycles. The van der Waals surface area contributed by atoms with E-state index in [4.69, 9.17) is 16.3 Å². The molecule has 0 N–H and O–H groups in total. The highest BCUT2D eigenvalue weighted by Crippen LogP contribution is 2.41. The summed E-state index contributed by atoms with van der Waals surface area (Å²) in [4.78, 5) is 19.3. The molecule has 164 valence electrons. The van der Waals surface area contributed by atoms with E-state index >= 15 is 0 Å². The van der Waals surface area contributed by atoms with Crippen LogP contribution in [0.5, 0.6) is 5.75 Å². The number of carbonyl (C=O) groups excluding carboxylic acids is 1. The third-order valence-electron chi connectivity index (χ3n) is 5.45. The van der Waals surface area contributed by atoms with Crippen molar-refractivity contribution in [3.63, 3.8) is 0 Å². The summed E-state index contributed by atoms with van der Waals surface area (Å²) in [6.45, 7) is 3.58. The van der Waals surface area contributed by atoms with Gasteiger partial charge in [-0.2, -0.15) is 13.2 Å². The van der Waals surface area contributed by atoms with E-state index in [-0.39, 0.29) is 16.6 Å². The number of nitrogens with zero attached hydrogens (tertiary/aromatic N) is 3. The van der Waals surface area contributed by atoms with Crippen LogP contribution in [0, 0.1) is 0 Å². The lowest BCUT2D eigenvalue weighted by atomic mass is 10.1. The number of hydrogen-bond acceptors (Lipinski definition) is 4. The molecule has 0 aliphatic carbocycles. The number of anilines is 1. The monoisotopic (exact) mass is 451 g/mol. The van der Waals surface area contributed by atoms with Gasteiger partial charge in [0.05, 0.1) is 28.4 Å². The van der Waals surface area contributed by atoms with Crippen LogP contribution in [0.15, 0.2) is 41.4 Å². The van der Waals surface area contributed by atoms with E-state index < -0.39 is 11.7 Å². The molecule has 0 unspecified atom stereocenters.